The van der Waals surface area contributed by atoms with Gasteiger partial charge in [0.05, 0.1) is 11.5 Å². The Labute approximate surface area is 92.3 Å². The molecule has 0 saturated carbocycles. The summed E-state index contributed by atoms with van der Waals surface area (Å²) in [5.74, 6) is 4.82. The maximum Gasteiger partial charge on any atom is 0.389 e. The van der Waals surface area contributed by atoms with E-state index in [0.29, 0.717) is 6.42 Å². The average Bonchev–Trinajstić information content (AvgIpc) is 2.45. The molecule has 16 heavy (non-hydrogen) atoms. The minimum Gasteiger partial charge on any atom is -0.271 e. The summed E-state index contributed by atoms with van der Waals surface area (Å²) >= 11 is 0. The number of alkyl halides is 3. The van der Waals surface area contributed by atoms with Gasteiger partial charge in [-0.2, -0.15) is 13.2 Å². The lowest BCUT2D eigenvalue weighted by atomic mass is 9.95. The number of sulfone groups is 1. The molecule has 1 saturated heterocycles. The van der Waals surface area contributed by atoms with Crippen LogP contribution in [-0.2, 0) is 9.84 Å². The van der Waals surface area contributed by atoms with Crippen molar-refractivity contribution in [3.8, 4) is 0 Å². The lowest BCUT2D eigenvalue weighted by Crippen LogP contribution is -2.42. The van der Waals surface area contributed by atoms with E-state index < -0.39 is 28.5 Å². The highest BCUT2D eigenvalue weighted by atomic mass is 32.2. The van der Waals surface area contributed by atoms with E-state index in [9.17, 15) is 21.6 Å². The molecule has 0 amide bonds. The van der Waals surface area contributed by atoms with E-state index in [-0.39, 0.29) is 23.8 Å². The summed E-state index contributed by atoms with van der Waals surface area (Å²) in [5.41, 5.74) is 2.29. The molecule has 3 N–H and O–H groups in total. The van der Waals surface area contributed by atoms with E-state index >= 15 is 0 Å². The van der Waals surface area contributed by atoms with Crippen molar-refractivity contribution in [2.75, 3.05) is 11.5 Å². The van der Waals surface area contributed by atoms with Crippen LogP contribution in [-0.4, -0.2) is 32.1 Å². The van der Waals surface area contributed by atoms with Gasteiger partial charge in [0.1, 0.15) is 0 Å². The first kappa shape index (κ1) is 13.7. The molecule has 0 aromatic rings. The summed E-state index contributed by atoms with van der Waals surface area (Å²) in [7, 11) is -3.08. The summed E-state index contributed by atoms with van der Waals surface area (Å²) in [6.45, 7) is 0. The standard InChI is InChI=1S/C8H15F3N2O2S/c9-8(10,11)3-1-7(13-12)6-2-4-16(14,15)5-6/h6-7,13H,1-5,12H2. The lowest BCUT2D eigenvalue weighted by Gasteiger charge is -2.22. The van der Waals surface area contributed by atoms with Gasteiger partial charge in [-0.25, -0.2) is 8.42 Å². The van der Waals surface area contributed by atoms with Crippen molar-refractivity contribution in [1.82, 2.24) is 5.43 Å². The van der Waals surface area contributed by atoms with Gasteiger partial charge in [0.2, 0.25) is 0 Å². The third-order valence-corrected chi connectivity index (χ3v) is 4.58. The maximum absolute atomic E-state index is 12.0. The van der Waals surface area contributed by atoms with Gasteiger partial charge in [-0.15, -0.1) is 0 Å². The molecular formula is C8H15F3N2O2S. The molecule has 96 valence electrons. The number of halogens is 3. The van der Waals surface area contributed by atoms with Gasteiger partial charge in [0.25, 0.3) is 0 Å². The van der Waals surface area contributed by atoms with E-state index in [0.717, 1.165) is 0 Å². The molecule has 1 fully saturated rings. The minimum absolute atomic E-state index is 0.0435. The first-order valence-corrected chi connectivity index (χ1v) is 6.79. The van der Waals surface area contributed by atoms with E-state index in [1.54, 1.807) is 0 Å². The Kier molecular flexibility index (Phi) is 4.19. The fourth-order valence-corrected chi connectivity index (χ4v) is 3.80. The van der Waals surface area contributed by atoms with Crippen LogP contribution in [0.25, 0.3) is 0 Å². The fourth-order valence-electron chi connectivity index (χ4n) is 1.92. The number of nitrogens with one attached hydrogen (secondary N) is 1. The van der Waals surface area contributed by atoms with Crippen LogP contribution in [0.2, 0.25) is 0 Å². The van der Waals surface area contributed by atoms with Crippen molar-refractivity contribution in [2.24, 2.45) is 11.8 Å². The summed E-state index contributed by atoms with van der Waals surface area (Å²) in [6.07, 6.45) is -4.97. The highest BCUT2D eigenvalue weighted by molar-refractivity contribution is 7.91. The van der Waals surface area contributed by atoms with Crippen molar-refractivity contribution < 1.29 is 21.6 Å². The van der Waals surface area contributed by atoms with Gasteiger partial charge >= 0.3 is 6.18 Å². The predicted molar refractivity (Wildman–Crippen MR) is 53.2 cm³/mol. The molecule has 4 nitrogen and oxygen atoms in total. The Morgan fingerprint density at radius 2 is 2.06 bits per heavy atom. The second-order valence-electron chi connectivity index (χ2n) is 4.09. The zero-order valence-electron chi connectivity index (χ0n) is 8.63. The van der Waals surface area contributed by atoms with E-state index in [4.69, 9.17) is 5.84 Å². The molecule has 1 rings (SSSR count). The zero-order valence-corrected chi connectivity index (χ0v) is 9.44. The molecule has 1 aliphatic rings. The van der Waals surface area contributed by atoms with Gasteiger partial charge in [-0.05, 0) is 18.8 Å². The molecule has 0 aromatic heterocycles. The average molecular weight is 260 g/mol. The highest BCUT2D eigenvalue weighted by Crippen LogP contribution is 2.28. The normalized spacial score (nSPS) is 26.9. The van der Waals surface area contributed by atoms with Crippen molar-refractivity contribution >= 4 is 9.84 Å². The van der Waals surface area contributed by atoms with Gasteiger partial charge in [0.15, 0.2) is 9.84 Å². The zero-order chi connectivity index (χ0) is 12.4. The molecule has 0 aliphatic carbocycles. The number of hydrogen-bond donors (Lipinski definition) is 2. The van der Waals surface area contributed by atoms with Gasteiger partial charge in [-0.3, -0.25) is 11.3 Å². The number of hydrazine groups is 1. The first-order valence-electron chi connectivity index (χ1n) is 4.97. The number of rotatable bonds is 4. The second kappa shape index (κ2) is 4.89. The topological polar surface area (TPSA) is 72.2 Å². The quantitative estimate of drug-likeness (QED) is 0.573. The van der Waals surface area contributed by atoms with Gasteiger partial charge in [0, 0.05) is 12.5 Å². The van der Waals surface area contributed by atoms with Crippen molar-refractivity contribution in [3.05, 3.63) is 0 Å². The molecule has 8 heteroatoms. The van der Waals surface area contributed by atoms with Crippen molar-refractivity contribution in [2.45, 2.75) is 31.5 Å². The number of nitrogens with two attached hydrogens (primary N) is 1. The second-order valence-corrected chi connectivity index (χ2v) is 6.32. The molecule has 1 heterocycles. The summed E-state index contributed by atoms with van der Waals surface area (Å²) in [6, 6.07) is -0.584. The SMILES string of the molecule is NNC(CCC(F)(F)F)C1CCS(=O)(=O)C1. The lowest BCUT2D eigenvalue weighted by molar-refractivity contribution is -0.137. The molecule has 0 bridgehead atoms. The largest absolute Gasteiger partial charge is 0.389 e. The summed E-state index contributed by atoms with van der Waals surface area (Å²) in [4.78, 5) is 0. The van der Waals surface area contributed by atoms with E-state index in [1.807, 2.05) is 0 Å². The first-order chi connectivity index (χ1) is 7.23. The van der Waals surface area contributed by atoms with Crippen LogP contribution in [0.4, 0.5) is 13.2 Å². The van der Waals surface area contributed by atoms with Crippen molar-refractivity contribution in [1.29, 1.82) is 0 Å². The van der Waals surface area contributed by atoms with Gasteiger partial charge in [-0.1, -0.05) is 0 Å². The monoisotopic (exact) mass is 260 g/mol. The third kappa shape index (κ3) is 4.26. The Bertz CT molecular complexity index is 329. The third-order valence-electron chi connectivity index (χ3n) is 2.79. The summed E-state index contributed by atoms with van der Waals surface area (Å²) < 4.78 is 58.4. The Balaban J connectivity index is 2.50. The smallest absolute Gasteiger partial charge is 0.271 e. The van der Waals surface area contributed by atoms with Crippen LogP contribution in [0.5, 0.6) is 0 Å². The fraction of sp³-hybridized carbons (Fsp3) is 1.00. The van der Waals surface area contributed by atoms with Crippen LogP contribution in [0, 0.1) is 5.92 Å². The minimum atomic E-state index is -4.23. The van der Waals surface area contributed by atoms with Gasteiger partial charge < -0.3 is 0 Å². The van der Waals surface area contributed by atoms with Crippen LogP contribution in [0.15, 0.2) is 0 Å². The Morgan fingerprint density at radius 3 is 2.44 bits per heavy atom. The highest BCUT2D eigenvalue weighted by Gasteiger charge is 2.35. The van der Waals surface area contributed by atoms with Crippen LogP contribution >= 0.6 is 0 Å². The molecule has 0 radical (unpaired) electrons. The van der Waals surface area contributed by atoms with Crippen molar-refractivity contribution in [3.63, 3.8) is 0 Å². The molecule has 0 aromatic carbocycles. The Hall–Kier alpha value is -0.340. The predicted octanol–water partition coefficient (Wildman–Crippen LogP) is 0.595. The molecule has 2 atom stereocenters. The maximum atomic E-state index is 12.0. The van der Waals surface area contributed by atoms with Crippen LogP contribution in [0.1, 0.15) is 19.3 Å². The molecular weight excluding hydrogens is 245 g/mol. The van der Waals surface area contributed by atoms with Crippen LogP contribution in [0.3, 0.4) is 0 Å². The van der Waals surface area contributed by atoms with Crippen LogP contribution < -0.4 is 11.3 Å². The Morgan fingerprint density at radius 1 is 1.44 bits per heavy atom. The molecule has 1 aliphatic heterocycles. The van der Waals surface area contributed by atoms with E-state index in [2.05, 4.69) is 5.43 Å². The molecule has 2 unspecified atom stereocenters. The molecule has 0 spiro atoms. The van der Waals surface area contributed by atoms with E-state index in [1.165, 1.54) is 0 Å². The number of hydrogen-bond acceptors (Lipinski definition) is 4. The summed E-state index contributed by atoms with van der Waals surface area (Å²) in [5, 5.41) is 0.